The molecule has 0 aromatic heterocycles. The summed E-state index contributed by atoms with van der Waals surface area (Å²) in [4.78, 5) is 13.7. The van der Waals surface area contributed by atoms with Crippen LogP contribution in [0.3, 0.4) is 0 Å². The lowest BCUT2D eigenvalue weighted by atomic mass is 9.89. The van der Waals surface area contributed by atoms with Gasteiger partial charge >= 0.3 is 6.18 Å². The van der Waals surface area contributed by atoms with Gasteiger partial charge in [-0.2, -0.15) is 13.2 Å². The van der Waals surface area contributed by atoms with E-state index in [4.69, 9.17) is 0 Å². The molecule has 1 aromatic rings. The molecule has 0 bridgehead atoms. The second-order valence-corrected chi connectivity index (χ2v) is 6.42. The van der Waals surface area contributed by atoms with Gasteiger partial charge < -0.3 is 10.0 Å². The molecular formula is C17H21F4NO2. The quantitative estimate of drug-likeness (QED) is 0.849. The number of alkyl halides is 3. The molecule has 1 unspecified atom stereocenters. The summed E-state index contributed by atoms with van der Waals surface area (Å²) in [7, 11) is 0. The van der Waals surface area contributed by atoms with Crippen LogP contribution in [0.4, 0.5) is 17.6 Å². The highest BCUT2D eigenvalue weighted by Crippen LogP contribution is 2.38. The molecule has 1 saturated heterocycles. The normalized spacial score (nSPS) is 19.2. The molecule has 1 N–H and O–H groups in total. The molecule has 0 spiro atoms. The van der Waals surface area contributed by atoms with Crippen molar-refractivity contribution < 1.29 is 27.5 Å². The second-order valence-electron chi connectivity index (χ2n) is 6.42. The largest absolute Gasteiger partial charge is 0.417 e. The zero-order valence-corrected chi connectivity index (χ0v) is 13.4. The van der Waals surface area contributed by atoms with E-state index in [1.54, 1.807) is 19.1 Å². The summed E-state index contributed by atoms with van der Waals surface area (Å²) in [6, 6.07) is 6.11. The smallest absolute Gasteiger partial charge is 0.380 e. The lowest BCUT2D eigenvalue weighted by Gasteiger charge is -2.39. The number of benzene rings is 1. The predicted octanol–water partition coefficient (Wildman–Crippen LogP) is 3.31. The van der Waals surface area contributed by atoms with Gasteiger partial charge in [-0.15, -0.1) is 0 Å². The molecule has 2 rings (SSSR count). The van der Waals surface area contributed by atoms with E-state index in [-0.39, 0.29) is 30.7 Å². The molecule has 1 amide bonds. The molecule has 1 aromatic carbocycles. The third-order valence-corrected chi connectivity index (χ3v) is 4.61. The number of carbonyl (C=O) groups is 1. The van der Waals surface area contributed by atoms with Crippen molar-refractivity contribution in [3.63, 3.8) is 0 Å². The van der Waals surface area contributed by atoms with Crippen molar-refractivity contribution in [3.8, 4) is 0 Å². The summed E-state index contributed by atoms with van der Waals surface area (Å²) in [6.07, 6.45) is -4.67. The monoisotopic (exact) mass is 347 g/mol. The number of nitrogens with zero attached hydrogens (tertiary/aromatic N) is 1. The average Bonchev–Trinajstić information content (AvgIpc) is 2.52. The van der Waals surface area contributed by atoms with Crippen LogP contribution in [-0.2, 0) is 11.2 Å². The van der Waals surface area contributed by atoms with Gasteiger partial charge in [0.05, 0.1) is 0 Å². The van der Waals surface area contributed by atoms with E-state index in [1.807, 2.05) is 0 Å². The summed E-state index contributed by atoms with van der Waals surface area (Å²) in [5, 5.41) is 9.63. The number of carbonyl (C=O) groups excluding carboxylic acids is 1. The zero-order valence-electron chi connectivity index (χ0n) is 13.4. The fourth-order valence-corrected chi connectivity index (χ4v) is 2.89. The van der Waals surface area contributed by atoms with E-state index in [0.717, 1.165) is 5.56 Å². The van der Waals surface area contributed by atoms with Gasteiger partial charge in [0.25, 0.3) is 0 Å². The molecule has 0 aliphatic carbocycles. The van der Waals surface area contributed by atoms with E-state index in [1.165, 1.54) is 17.0 Å². The van der Waals surface area contributed by atoms with Gasteiger partial charge in [-0.3, -0.25) is 4.79 Å². The number of halogens is 4. The van der Waals surface area contributed by atoms with Gasteiger partial charge in [0.1, 0.15) is 5.82 Å². The van der Waals surface area contributed by atoms with Crippen LogP contribution in [-0.4, -0.2) is 40.8 Å². The Labute approximate surface area is 138 Å². The van der Waals surface area contributed by atoms with Crippen LogP contribution in [0.1, 0.15) is 31.7 Å². The van der Waals surface area contributed by atoms with Gasteiger partial charge in [-0.1, -0.05) is 19.1 Å². The molecule has 1 aliphatic heterocycles. The summed E-state index contributed by atoms with van der Waals surface area (Å²) in [5.74, 6) is -0.935. The molecule has 0 radical (unpaired) electrons. The molecule has 1 fully saturated rings. The lowest BCUT2D eigenvalue weighted by molar-refractivity contribution is -0.272. The Kier molecular flexibility index (Phi) is 5.52. The van der Waals surface area contributed by atoms with Crippen LogP contribution in [0.25, 0.3) is 0 Å². The van der Waals surface area contributed by atoms with E-state index in [2.05, 4.69) is 0 Å². The molecule has 3 nitrogen and oxygen atoms in total. The number of likely N-dealkylation sites (tertiary alicyclic amines) is 1. The van der Waals surface area contributed by atoms with Gasteiger partial charge in [0, 0.05) is 31.8 Å². The molecule has 1 heterocycles. The van der Waals surface area contributed by atoms with Crippen molar-refractivity contribution in [2.75, 3.05) is 13.1 Å². The van der Waals surface area contributed by atoms with Gasteiger partial charge in [-0.05, 0) is 30.5 Å². The van der Waals surface area contributed by atoms with Crippen LogP contribution in [0.5, 0.6) is 0 Å². The van der Waals surface area contributed by atoms with Crippen LogP contribution in [0.15, 0.2) is 24.3 Å². The van der Waals surface area contributed by atoms with E-state index >= 15 is 0 Å². The molecule has 7 heteroatoms. The van der Waals surface area contributed by atoms with Crippen LogP contribution < -0.4 is 0 Å². The maximum atomic E-state index is 13.1. The molecule has 1 aliphatic rings. The summed E-state index contributed by atoms with van der Waals surface area (Å²) in [6.45, 7) is 1.49. The Morgan fingerprint density at radius 3 is 2.50 bits per heavy atom. The zero-order chi connectivity index (χ0) is 18.0. The predicted molar refractivity (Wildman–Crippen MR) is 80.7 cm³/mol. The minimum absolute atomic E-state index is 0.112. The average molecular weight is 347 g/mol. The number of hydrogen-bond donors (Lipinski definition) is 1. The topological polar surface area (TPSA) is 40.5 Å². The highest BCUT2D eigenvalue weighted by atomic mass is 19.4. The maximum Gasteiger partial charge on any atom is 0.417 e. The highest BCUT2D eigenvalue weighted by molar-refractivity contribution is 5.78. The third kappa shape index (κ3) is 4.26. The van der Waals surface area contributed by atoms with Crippen molar-refractivity contribution in [2.45, 2.75) is 44.4 Å². The number of hydrogen-bond acceptors (Lipinski definition) is 2. The van der Waals surface area contributed by atoms with Gasteiger partial charge in [0.15, 0.2) is 5.60 Å². The Hall–Kier alpha value is -1.63. The fourth-order valence-electron chi connectivity index (χ4n) is 2.89. The van der Waals surface area contributed by atoms with Crippen molar-refractivity contribution in [3.05, 3.63) is 35.6 Å². The Morgan fingerprint density at radius 2 is 1.96 bits per heavy atom. The minimum Gasteiger partial charge on any atom is -0.380 e. The molecular weight excluding hydrogens is 326 g/mol. The number of aliphatic hydroxyl groups is 1. The number of rotatable bonds is 4. The third-order valence-electron chi connectivity index (χ3n) is 4.61. The number of aryl methyl sites for hydroxylation is 1. The van der Waals surface area contributed by atoms with Crippen LogP contribution in [0.2, 0.25) is 0 Å². The van der Waals surface area contributed by atoms with Crippen LogP contribution in [0, 0.1) is 11.7 Å². The van der Waals surface area contributed by atoms with Crippen molar-refractivity contribution in [1.29, 1.82) is 0 Å². The maximum absolute atomic E-state index is 13.1. The van der Waals surface area contributed by atoms with E-state index in [9.17, 15) is 27.5 Å². The standard InChI is InChI=1S/C17H21F4NO2/c1-12(5-6-13-3-2-4-14(18)11-13)15(23)22-9-7-16(24,8-10-22)17(19,20)21/h2-4,11-12,24H,5-10H2,1H3. The molecule has 1 atom stereocenters. The lowest BCUT2D eigenvalue weighted by Crippen LogP contribution is -2.55. The Balaban J connectivity index is 1.86. The fraction of sp³-hybridized carbons (Fsp3) is 0.588. The number of amides is 1. The number of piperidine rings is 1. The first kappa shape index (κ1) is 18.7. The van der Waals surface area contributed by atoms with E-state index in [0.29, 0.717) is 12.8 Å². The van der Waals surface area contributed by atoms with Crippen LogP contribution >= 0.6 is 0 Å². The minimum atomic E-state index is -4.68. The summed E-state index contributed by atoms with van der Waals surface area (Å²) in [5.41, 5.74) is -1.92. The van der Waals surface area contributed by atoms with Gasteiger partial charge in [-0.25, -0.2) is 4.39 Å². The summed E-state index contributed by atoms with van der Waals surface area (Å²) >= 11 is 0. The molecule has 0 saturated carbocycles. The highest BCUT2D eigenvalue weighted by Gasteiger charge is 2.54. The first-order valence-corrected chi connectivity index (χ1v) is 7.95. The van der Waals surface area contributed by atoms with Crippen molar-refractivity contribution in [1.82, 2.24) is 4.90 Å². The van der Waals surface area contributed by atoms with E-state index < -0.39 is 24.6 Å². The summed E-state index contributed by atoms with van der Waals surface area (Å²) < 4.78 is 51.4. The van der Waals surface area contributed by atoms with Crippen molar-refractivity contribution >= 4 is 5.91 Å². The second kappa shape index (κ2) is 7.09. The molecule has 134 valence electrons. The SMILES string of the molecule is CC(CCc1cccc(F)c1)C(=O)N1CCC(O)(C(F)(F)F)CC1. The first-order chi connectivity index (χ1) is 11.1. The van der Waals surface area contributed by atoms with Gasteiger partial charge in [0.2, 0.25) is 5.91 Å². The first-order valence-electron chi connectivity index (χ1n) is 7.95. The Morgan fingerprint density at radius 1 is 1.33 bits per heavy atom. The molecule has 24 heavy (non-hydrogen) atoms. The Bertz CT molecular complexity index is 580. The van der Waals surface area contributed by atoms with Crippen molar-refractivity contribution in [2.24, 2.45) is 5.92 Å².